The molecule has 5 nitrogen and oxygen atoms in total. The Hall–Kier alpha value is -2.44. The van der Waals surface area contributed by atoms with Crippen molar-refractivity contribution in [2.45, 2.75) is 57.5 Å². The average Bonchev–Trinajstić information content (AvgIpc) is 3.02. The summed E-state index contributed by atoms with van der Waals surface area (Å²) < 4.78 is 19.5. The second-order valence-electron chi connectivity index (χ2n) is 8.59. The minimum Gasteiger partial charge on any atom is -0.487 e. The zero-order chi connectivity index (χ0) is 21.3. The first kappa shape index (κ1) is 20.8. The van der Waals surface area contributed by atoms with Gasteiger partial charge in [0.05, 0.1) is 12.1 Å². The molecule has 4 atom stereocenters. The molecule has 0 saturated heterocycles. The zero-order valence-corrected chi connectivity index (χ0v) is 17.4. The molecule has 6 heteroatoms. The fraction of sp³-hybridized carbons (Fsp3) is 0.458. The summed E-state index contributed by atoms with van der Waals surface area (Å²) in [4.78, 5) is 14.7. The van der Waals surface area contributed by atoms with Crippen LogP contribution in [0.5, 0.6) is 5.75 Å². The standard InChI is InChI=1S/C24H29FN2O3/c1-15(2)24(29)26-20-13-21(30-19-9-5-8-18(25)12-19)23(28)22(20)27-11-10-16-6-3-4-7-17(16)14-27/h3-9,12,15,20-23,28H,10-11,13-14H2,1-2H3,(H,26,29)/t20-,21-,22+,23+/m1/s1. The number of aliphatic hydroxyl groups excluding tert-OH is 1. The summed E-state index contributed by atoms with van der Waals surface area (Å²) in [5.74, 6) is -0.180. The summed E-state index contributed by atoms with van der Waals surface area (Å²) in [6.07, 6.45) is 0.0564. The highest BCUT2D eigenvalue weighted by Crippen LogP contribution is 2.32. The molecule has 0 bridgehead atoms. The minimum absolute atomic E-state index is 0.0407. The number of nitrogens with one attached hydrogen (secondary N) is 1. The van der Waals surface area contributed by atoms with Crippen molar-refractivity contribution in [3.8, 4) is 5.75 Å². The van der Waals surface area contributed by atoms with Crippen molar-refractivity contribution in [1.82, 2.24) is 10.2 Å². The van der Waals surface area contributed by atoms with Gasteiger partial charge in [0.25, 0.3) is 0 Å². The molecule has 4 rings (SSSR count). The Labute approximate surface area is 176 Å². The van der Waals surface area contributed by atoms with Crippen molar-refractivity contribution in [2.75, 3.05) is 6.54 Å². The molecule has 2 N–H and O–H groups in total. The maximum atomic E-state index is 13.6. The number of hydrogen-bond donors (Lipinski definition) is 2. The van der Waals surface area contributed by atoms with Gasteiger partial charge in [0, 0.05) is 31.5 Å². The number of amides is 1. The van der Waals surface area contributed by atoms with Gasteiger partial charge >= 0.3 is 0 Å². The first-order chi connectivity index (χ1) is 14.4. The van der Waals surface area contributed by atoms with E-state index in [-0.39, 0.29) is 29.7 Å². The number of nitrogens with zero attached hydrogens (tertiary/aromatic N) is 1. The lowest BCUT2D eigenvalue weighted by molar-refractivity contribution is -0.125. The van der Waals surface area contributed by atoms with Gasteiger partial charge in [-0.15, -0.1) is 0 Å². The molecular weight excluding hydrogens is 383 g/mol. The molecule has 0 unspecified atom stereocenters. The second-order valence-corrected chi connectivity index (χ2v) is 8.59. The van der Waals surface area contributed by atoms with Crippen LogP contribution >= 0.6 is 0 Å². The normalized spacial score (nSPS) is 26.4. The summed E-state index contributed by atoms with van der Waals surface area (Å²) in [6.45, 7) is 5.24. The van der Waals surface area contributed by atoms with Gasteiger partial charge in [-0.05, 0) is 29.7 Å². The molecule has 160 valence electrons. The number of aliphatic hydroxyl groups is 1. The van der Waals surface area contributed by atoms with Crippen LogP contribution in [-0.4, -0.2) is 46.7 Å². The van der Waals surface area contributed by atoms with Crippen molar-refractivity contribution >= 4 is 5.91 Å². The van der Waals surface area contributed by atoms with Crippen LogP contribution in [0.1, 0.15) is 31.4 Å². The van der Waals surface area contributed by atoms with Crippen molar-refractivity contribution in [1.29, 1.82) is 0 Å². The van der Waals surface area contributed by atoms with Crippen LogP contribution in [0.3, 0.4) is 0 Å². The van der Waals surface area contributed by atoms with E-state index in [9.17, 15) is 14.3 Å². The largest absolute Gasteiger partial charge is 0.487 e. The van der Waals surface area contributed by atoms with E-state index in [2.05, 4.69) is 22.3 Å². The van der Waals surface area contributed by atoms with E-state index in [1.807, 2.05) is 26.0 Å². The van der Waals surface area contributed by atoms with Gasteiger partial charge < -0.3 is 15.2 Å². The number of fused-ring (bicyclic) bond motifs is 1. The summed E-state index contributed by atoms with van der Waals surface area (Å²) in [5, 5.41) is 14.3. The second kappa shape index (κ2) is 8.74. The Morgan fingerprint density at radius 1 is 1.20 bits per heavy atom. The van der Waals surface area contributed by atoms with Crippen molar-refractivity contribution in [3.63, 3.8) is 0 Å². The predicted octanol–water partition coefficient (Wildman–Crippen LogP) is 2.91. The van der Waals surface area contributed by atoms with Crippen molar-refractivity contribution < 1.29 is 19.0 Å². The minimum atomic E-state index is -0.795. The fourth-order valence-electron chi connectivity index (χ4n) is 4.56. The molecule has 30 heavy (non-hydrogen) atoms. The lowest BCUT2D eigenvalue weighted by Gasteiger charge is -2.38. The smallest absolute Gasteiger partial charge is 0.222 e. The maximum Gasteiger partial charge on any atom is 0.222 e. The molecule has 1 heterocycles. The van der Waals surface area contributed by atoms with E-state index in [4.69, 9.17) is 4.74 Å². The monoisotopic (exact) mass is 412 g/mol. The van der Waals surface area contributed by atoms with E-state index >= 15 is 0 Å². The first-order valence-corrected chi connectivity index (χ1v) is 10.6. The van der Waals surface area contributed by atoms with Crippen LogP contribution in [0.25, 0.3) is 0 Å². The lowest BCUT2D eigenvalue weighted by Crippen LogP contribution is -2.55. The molecule has 2 aliphatic rings. The summed E-state index contributed by atoms with van der Waals surface area (Å²) in [6, 6.07) is 13.8. The third-order valence-corrected chi connectivity index (χ3v) is 6.15. The SMILES string of the molecule is CC(C)C(=O)N[C@@H]1C[C@@H](Oc2cccc(F)c2)[C@H](O)[C@H]1N1CCc2ccccc2C1. The molecule has 1 fully saturated rings. The summed E-state index contributed by atoms with van der Waals surface area (Å²) >= 11 is 0. The number of carbonyl (C=O) groups excluding carboxylic acids is 1. The quantitative estimate of drug-likeness (QED) is 0.793. The van der Waals surface area contributed by atoms with Crippen LogP contribution in [0.4, 0.5) is 4.39 Å². The van der Waals surface area contributed by atoms with Gasteiger partial charge in [0.15, 0.2) is 0 Å². The van der Waals surface area contributed by atoms with Gasteiger partial charge in [0.1, 0.15) is 23.8 Å². The molecule has 2 aromatic carbocycles. The third-order valence-electron chi connectivity index (χ3n) is 6.15. The van der Waals surface area contributed by atoms with Gasteiger partial charge in [0.2, 0.25) is 5.91 Å². The van der Waals surface area contributed by atoms with E-state index in [0.717, 1.165) is 19.5 Å². The Balaban J connectivity index is 1.56. The van der Waals surface area contributed by atoms with Crippen molar-refractivity contribution in [2.24, 2.45) is 5.92 Å². The Kier molecular flexibility index (Phi) is 6.06. The molecule has 0 spiro atoms. The van der Waals surface area contributed by atoms with Crippen LogP contribution in [0.2, 0.25) is 0 Å². The van der Waals surface area contributed by atoms with Gasteiger partial charge in [-0.1, -0.05) is 44.2 Å². The Bertz CT molecular complexity index is 904. The van der Waals surface area contributed by atoms with Gasteiger partial charge in [-0.3, -0.25) is 9.69 Å². The zero-order valence-electron chi connectivity index (χ0n) is 17.4. The van der Waals surface area contributed by atoms with Crippen LogP contribution in [0.15, 0.2) is 48.5 Å². The maximum absolute atomic E-state index is 13.6. The fourth-order valence-corrected chi connectivity index (χ4v) is 4.56. The highest BCUT2D eigenvalue weighted by Gasteiger charge is 2.48. The Morgan fingerprint density at radius 2 is 1.97 bits per heavy atom. The predicted molar refractivity (Wildman–Crippen MR) is 113 cm³/mol. The third kappa shape index (κ3) is 4.35. The number of rotatable bonds is 5. The summed E-state index contributed by atoms with van der Waals surface area (Å²) in [7, 11) is 0. The molecular formula is C24H29FN2O3. The van der Waals surface area contributed by atoms with E-state index in [1.54, 1.807) is 12.1 Å². The average molecular weight is 413 g/mol. The first-order valence-electron chi connectivity index (χ1n) is 10.6. The lowest BCUT2D eigenvalue weighted by atomic mass is 9.96. The van der Waals surface area contributed by atoms with E-state index < -0.39 is 12.2 Å². The molecule has 0 radical (unpaired) electrons. The molecule has 2 aromatic rings. The molecule has 1 aliphatic carbocycles. The molecule has 1 amide bonds. The molecule has 0 aromatic heterocycles. The topological polar surface area (TPSA) is 61.8 Å². The number of benzene rings is 2. The highest BCUT2D eigenvalue weighted by atomic mass is 19.1. The number of ether oxygens (including phenoxy) is 1. The van der Waals surface area contributed by atoms with Crippen LogP contribution in [-0.2, 0) is 17.8 Å². The van der Waals surface area contributed by atoms with Gasteiger partial charge in [-0.2, -0.15) is 0 Å². The highest BCUT2D eigenvalue weighted by molar-refractivity contribution is 5.78. The number of halogens is 1. The van der Waals surface area contributed by atoms with Crippen LogP contribution < -0.4 is 10.1 Å². The van der Waals surface area contributed by atoms with E-state index in [1.165, 1.54) is 23.3 Å². The number of carbonyl (C=O) groups is 1. The number of hydrogen-bond acceptors (Lipinski definition) is 4. The molecule has 1 aliphatic heterocycles. The van der Waals surface area contributed by atoms with E-state index in [0.29, 0.717) is 12.2 Å². The van der Waals surface area contributed by atoms with Crippen molar-refractivity contribution in [3.05, 3.63) is 65.5 Å². The molecule has 1 saturated carbocycles. The summed E-state index contributed by atoms with van der Waals surface area (Å²) in [5.41, 5.74) is 2.58. The van der Waals surface area contributed by atoms with Crippen LogP contribution in [0, 0.1) is 11.7 Å². The van der Waals surface area contributed by atoms with Gasteiger partial charge in [-0.25, -0.2) is 4.39 Å². The Morgan fingerprint density at radius 3 is 2.70 bits per heavy atom.